The lowest BCUT2D eigenvalue weighted by Crippen LogP contribution is -2.29. The summed E-state index contributed by atoms with van der Waals surface area (Å²) in [7, 11) is -4.51. The third-order valence-corrected chi connectivity index (χ3v) is 4.03. The van der Waals surface area contributed by atoms with Crippen molar-refractivity contribution < 1.29 is 26.4 Å². The zero-order valence-corrected chi connectivity index (χ0v) is 11.8. The average Bonchev–Trinajstić information content (AvgIpc) is 2.29. The minimum atomic E-state index is -4.51. The lowest BCUT2D eigenvalue weighted by atomic mass is 10.2. The van der Waals surface area contributed by atoms with Crippen LogP contribution in [0.3, 0.4) is 0 Å². The van der Waals surface area contributed by atoms with Crippen LogP contribution in [0.2, 0.25) is 10.0 Å². The van der Waals surface area contributed by atoms with Crippen LogP contribution in [-0.4, -0.2) is 27.3 Å². The molecule has 0 saturated heterocycles. The molecule has 0 aromatic heterocycles. The number of halogens is 5. The van der Waals surface area contributed by atoms with Gasteiger partial charge >= 0.3 is 0 Å². The largest absolute Gasteiger partial charge is 0.346 e. The molecule has 0 unspecified atom stereocenters. The topological polar surface area (TPSA) is 89.3 Å². The van der Waals surface area contributed by atoms with E-state index in [9.17, 15) is 26.4 Å². The molecule has 1 aromatic carbocycles. The maximum atomic E-state index is 13.5. The van der Waals surface area contributed by atoms with Crippen LogP contribution in [-0.2, 0) is 10.0 Å². The second-order valence-corrected chi connectivity index (χ2v) is 5.76. The standard InChI is InChI=1S/C9H7Cl2F3N2O3S/c10-6-3(9(17)16-2-5(13)14)1-4(12)7(11)8(6)20(15,18)19/h1,5H,2H2,(H,16,17)(H2,15,18,19). The van der Waals surface area contributed by atoms with Gasteiger partial charge in [0.2, 0.25) is 10.0 Å². The van der Waals surface area contributed by atoms with Gasteiger partial charge in [0, 0.05) is 0 Å². The van der Waals surface area contributed by atoms with Crippen LogP contribution in [0.25, 0.3) is 0 Å². The fourth-order valence-corrected chi connectivity index (χ4v) is 3.05. The van der Waals surface area contributed by atoms with E-state index in [1.165, 1.54) is 0 Å². The lowest BCUT2D eigenvalue weighted by molar-refractivity contribution is 0.0891. The Labute approximate surface area is 121 Å². The normalized spacial score (nSPS) is 11.8. The van der Waals surface area contributed by atoms with E-state index in [0.717, 1.165) is 0 Å². The predicted octanol–water partition coefficient (Wildman–Crippen LogP) is 1.77. The number of hydrogen-bond acceptors (Lipinski definition) is 3. The van der Waals surface area contributed by atoms with Gasteiger partial charge in [-0.15, -0.1) is 0 Å². The summed E-state index contributed by atoms with van der Waals surface area (Å²) >= 11 is 11.0. The van der Waals surface area contributed by atoms with Crippen molar-refractivity contribution in [3.8, 4) is 0 Å². The molecule has 0 heterocycles. The van der Waals surface area contributed by atoms with Crippen LogP contribution in [0.15, 0.2) is 11.0 Å². The zero-order chi connectivity index (χ0) is 15.7. The molecule has 0 bridgehead atoms. The van der Waals surface area contributed by atoms with Gasteiger partial charge in [0.25, 0.3) is 12.3 Å². The molecule has 0 fully saturated rings. The van der Waals surface area contributed by atoms with Crippen molar-refractivity contribution >= 4 is 39.1 Å². The number of nitrogens with two attached hydrogens (primary N) is 1. The minimum Gasteiger partial charge on any atom is -0.346 e. The summed E-state index contributed by atoms with van der Waals surface area (Å²) in [5.41, 5.74) is -0.668. The predicted molar refractivity (Wildman–Crippen MR) is 66.1 cm³/mol. The van der Waals surface area contributed by atoms with E-state index >= 15 is 0 Å². The summed E-state index contributed by atoms with van der Waals surface area (Å²) in [6.45, 7) is -1.01. The monoisotopic (exact) mass is 350 g/mol. The Kier molecular flexibility index (Phi) is 5.25. The Balaban J connectivity index is 3.37. The van der Waals surface area contributed by atoms with Gasteiger partial charge in [0.15, 0.2) is 0 Å². The van der Waals surface area contributed by atoms with Gasteiger partial charge < -0.3 is 5.32 Å². The molecule has 112 valence electrons. The Hall–Kier alpha value is -1.03. The fraction of sp³-hybridized carbons (Fsp3) is 0.222. The summed E-state index contributed by atoms with van der Waals surface area (Å²) in [5, 5.41) is 4.92. The maximum absolute atomic E-state index is 13.5. The number of alkyl halides is 2. The lowest BCUT2D eigenvalue weighted by Gasteiger charge is -2.11. The average molecular weight is 351 g/mol. The summed E-state index contributed by atoms with van der Waals surface area (Å²) in [4.78, 5) is 10.6. The first-order chi connectivity index (χ1) is 9.05. The molecule has 11 heteroatoms. The summed E-state index contributed by atoms with van der Waals surface area (Å²) < 4.78 is 59.9. The highest BCUT2D eigenvalue weighted by Crippen LogP contribution is 2.33. The molecule has 0 aliphatic carbocycles. The summed E-state index contributed by atoms with van der Waals surface area (Å²) in [6, 6.07) is 0.528. The van der Waals surface area contributed by atoms with E-state index in [0.29, 0.717) is 6.07 Å². The highest BCUT2D eigenvalue weighted by Gasteiger charge is 2.26. The number of sulfonamides is 1. The van der Waals surface area contributed by atoms with Crippen LogP contribution in [0, 0.1) is 5.82 Å². The van der Waals surface area contributed by atoms with E-state index in [2.05, 4.69) is 0 Å². The SMILES string of the molecule is NS(=O)(=O)c1c(Cl)c(F)cc(C(=O)NCC(F)F)c1Cl. The molecule has 0 atom stereocenters. The molecule has 0 spiro atoms. The van der Waals surface area contributed by atoms with E-state index in [4.69, 9.17) is 28.3 Å². The molecule has 0 aliphatic heterocycles. The fourth-order valence-electron chi connectivity index (χ4n) is 1.26. The number of primary sulfonamides is 1. The van der Waals surface area contributed by atoms with Crippen LogP contribution in [0.1, 0.15) is 10.4 Å². The van der Waals surface area contributed by atoms with Gasteiger partial charge in [0.1, 0.15) is 10.7 Å². The molecular weight excluding hydrogens is 344 g/mol. The third kappa shape index (κ3) is 3.75. The molecule has 1 rings (SSSR count). The summed E-state index contributed by atoms with van der Waals surface area (Å²) in [6.07, 6.45) is -2.84. The molecule has 20 heavy (non-hydrogen) atoms. The Morgan fingerprint density at radius 1 is 1.35 bits per heavy atom. The maximum Gasteiger partial charge on any atom is 0.255 e. The first kappa shape index (κ1) is 17.0. The van der Waals surface area contributed by atoms with Gasteiger partial charge in [-0.25, -0.2) is 26.7 Å². The molecule has 5 nitrogen and oxygen atoms in total. The molecular formula is C9H7Cl2F3N2O3S. The molecule has 1 amide bonds. The first-order valence-electron chi connectivity index (χ1n) is 4.82. The van der Waals surface area contributed by atoms with Crippen molar-refractivity contribution in [2.24, 2.45) is 5.14 Å². The number of hydrogen-bond donors (Lipinski definition) is 2. The molecule has 0 radical (unpaired) electrons. The van der Waals surface area contributed by atoms with Crippen LogP contribution >= 0.6 is 23.2 Å². The van der Waals surface area contributed by atoms with Crippen LogP contribution in [0.4, 0.5) is 13.2 Å². The number of rotatable bonds is 4. The number of nitrogens with one attached hydrogen (secondary N) is 1. The zero-order valence-electron chi connectivity index (χ0n) is 9.46. The Bertz CT molecular complexity index is 652. The summed E-state index contributed by atoms with van der Waals surface area (Å²) in [5.74, 6) is -2.46. The van der Waals surface area contributed by atoms with Gasteiger partial charge in [0.05, 0.1) is 22.2 Å². The molecule has 0 aliphatic rings. The van der Waals surface area contributed by atoms with Crippen molar-refractivity contribution in [3.05, 3.63) is 27.5 Å². The van der Waals surface area contributed by atoms with Crippen molar-refractivity contribution in [1.29, 1.82) is 0 Å². The quantitative estimate of drug-likeness (QED) is 0.811. The van der Waals surface area contributed by atoms with Gasteiger partial charge in [-0.3, -0.25) is 4.79 Å². The first-order valence-corrected chi connectivity index (χ1v) is 7.12. The van der Waals surface area contributed by atoms with Crippen molar-refractivity contribution in [2.75, 3.05) is 6.54 Å². The number of benzene rings is 1. The van der Waals surface area contributed by atoms with Gasteiger partial charge in [-0.1, -0.05) is 23.2 Å². The second-order valence-electron chi connectivity index (χ2n) is 3.51. The van der Waals surface area contributed by atoms with Gasteiger partial charge in [-0.2, -0.15) is 0 Å². The number of carbonyl (C=O) groups excluding carboxylic acids is 1. The van der Waals surface area contributed by atoms with Gasteiger partial charge in [-0.05, 0) is 6.07 Å². The van der Waals surface area contributed by atoms with Crippen molar-refractivity contribution in [3.63, 3.8) is 0 Å². The third-order valence-electron chi connectivity index (χ3n) is 2.06. The van der Waals surface area contributed by atoms with Crippen LogP contribution in [0.5, 0.6) is 0 Å². The van der Waals surface area contributed by atoms with E-state index in [-0.39, 0.29) is 0 Å². The second kappa shape index (κ2) is 6.17. The van der Waals surface area contributed by atoms with E-state index < -0.39 is 55.2 Å². The smallest absolute Gasteiger partial charge is 0.255 e. The molecule has 3 N–H and O–H groups in total. The van der Waals surface area contributed by atoms with Crippen LogP contribution < -0.4 is 10.5 Å². The highest BCUT2D eigenvalue weighted by molar-refractivity contribution is 7.89. The number of carbonyl (C=O) groups is 1. The van der Waals surface area contributed by atoms with E-state index in [1.54, 1.807) is 5.32 Å². The number of amides is 1. The molecule has 1 aromatic rings. The molecule has 0 saturated carbocycles. The van der Waals surface area contributed by atoms with Crippen molar-refractivity contribution in [1.82, 2.24) is 5.32 Å². The Morgan fingerprint density at radius 3 is 2.35 bits per heavy atom. The highest BCUT2D eigenvalue weighted by atomic mass is 35.5. The minimum absolute atomic E-state index is 0.528. The van der Waals surface area contributed by atoms with E-state index in [1.807, 2.05) is 0 Å². The van der Waals surface area contributed by atoms with Crippen molar-refractivity contribution in [2.45, 2.75) is 11.3 Å². The Morgan fingerprint density at radius 2 is 1.90 bits per heavy atom.